The fourth-order valence-corrected chi connectivity index (χ4v) is 2.68. The third-order valence-electron chi connectivity index (χ3n) is 3.77. The SMILES string of the molecule is COc1cc(Cl)cc(C(=O)N[C@@H](C)c2ncnn2-c2ccc(C#N)cn2)c1. The van der Waals surface area contributed by atoms with Gasteiger partial charge in [0.25, 0.3) is 5.91 Å². The molecule has 0 aliphatic rings. The van der Waals surface area contributed by atoms with Crippen molar-refractivity contribution in [2.24, 2.45) is 0 Å². The van der Waals surface area contributed by atoms with E-state index in [1.54, 1.807) is 37.3 Å². The molecule has 1 atom stereocenters. The van der Waals surface area contributed by atoms with Crippen LogP contribution in [0.15, 0.2) is 42.9 Å². The van der Waals surface area contributed by atoms with Gasteiger partial charge >= 0.3 is 0 Å². The van der Waals surface area contributed by atoms with E-state index < -0.39 is 6.04 Å². The molecule has 0 unspecified atom stereocenters. The van der Waals surface area contributed by atoms with Gasteiger partial charge in [0.15, 0.2) is 11.6 Å². The van der Waals surface area contributed by atoms with Crippen LogP contribution in [0.2, 0.25) is 5.02 Å². The largest absolute Gasteiger partial charge is 0.497 e. The van der Waals surface area contributed by atoms with Crippen LogP contribution >= 0.6 is 11.6 Å². The Hall–Kier alpha value is -3.44. The number of halogens is 1. The van der Waals surface area contributed by atoms with Gasteiger partial charge in [-0.05, 0) is 37.3 Å². The van der Waals surface area contributed by atoms with Gasteiger partial charge in [-0.2, -0.15) is 15.0 Å². The van der Waals surface area contributed by atoms with Crippen molar-refractivity contribution in [3.05, 3.63) is 64.8 Å². The highest BCUT2D eigenvalue weighted by Gasteiger charge is 2.19. The van der Waals surface area contributed by atoms with Crippen molar-refractivity contribution in [2.45, 2.75) is 13.0 Å². The molecule has 1 amide bonds. The van der Waals surface area contributed by atoms with E-state index in [1.165, 1.54) is 24.3 Å². The number of aromatic nitrogens is 4. The zero-order valence-corrected chi connectivity index (χ0v) is 15.3. The normalized spacial score (nSPS) is 11.5. The van der Waals surface area contributed by atoms with E-state index in [-0.39, 0.29) is 5.91 Å². The number of methoxy groups -OCH3 is 1. The van der Waals surface area contributed by atoms with Crippen molar-refractivity contribution >= 4 is 17.5 Å². The first-order chi connectivity index (χ1) is 13.0. The lowest BCUT2D eigenvalue weighted by molar-refractivity contribution is 0.0937. The monoisotopic (exact) mass is 382 g/mol. The lowest BCUT2D eigenvalue weighted by Gasteiger charge is -2.15. The molecule has 136 valence electrons. The van der Waals surface area contributed by atoms with Crippen molar-refractivity contribution in [1.29, 1.82) is 5.26 Å². The maximum atomic E-state index is 12.6. The molecule has 0 bridgehead atoms. The Balaban J connectivity index is 1.82. The minimum atomic E-state index is -0.456. The Labute approximate surface area is 160 Å². The van der Waals surface area contributed by atoms with E-state index in [0.29, 0.717) is 33.5 Å². The number of ether oxygens (including phenoxy) is 1. The molecule has 8 nitrogen and oxygen atoms in total. The van der Waals surface area contributed by atoms with Crippen molar-refractivity contribution < 1.29 is 9.53 Å². The van der Waals surface area contributed by atoms with Crippen LogP contribution in [-0.4, -0.2) is 32.8 Å². The molecule has 9 heteroatoms. The van der Waals surface area contributed by atoms with Crippen LogP contribution in [0.1, 0.15) is 34.7 Å². The summed E-state index contributed by atoms with van der Waals surface area (Å²) < 4.78 is 6.64. The highest BCUT2D eigenvalue weighted by atomic mass is 35.5. The summed E-state index contributed by atoms with van der Waals surface area (Å²) in [5.74, 6) is 1.15. The van der Waals surface area contributed by atoms with Gasteiger partial charge in [0, 0.05) is 16.8 Å². The Morgan fingerprint density at radius 2 is 2.15 bits per heavy atom. The predicted octanol–water partition coefficient (Wildman–Crippen LogP) is 2.69. The quantitative estimate of drug-likeness (QED) is 0.727. The number of benzene rings is 1. The standard InChI is InChI=1S/C18H15ClN6O2/c1-11(24-18(26)13-5-14(19)7-15(6-13)27-2)17-22-10-23-25(17)16-4-3-12(8-20)9-21-16/h3-7,9-11H,1-2H3,(H,24,26)/t11-/m0/s1. The topological polar surface area (TPSA) is 106 Å². The number of nitriles is 1. The number of rotatable bonds is 5. The van der Waals surface area contributed by atoms with E-state index in [4.69, 9.17) is 21.6 Å². The summed E-state index contributed by atoms with van der Waals surface area (Å²) in [6.45, 7) is 1.78. The fraction of sp³-hybridized carbons (Fsp3) is 0.167. The fourth-order valence-electron chi connectivity index (χ4n) is 2.46. The highest BCUT2D eigenvalue weighted by Crippen LogP contribution is 2.21. The van der Waals surface area contributed by atoms with Gasteiger partial charge in [-0.15, -0.1) is 0 Å². The lowest BCUT2D eigenvalue weighted by Crippen LogP contribution is -2.28. The van der Waals surface area contributed by atoms with Crippen LogP contribution in [0.4, 0.5) is 0 Å². The molecule has 1 aromatic carbocycles. The number of carbonyl (C=O) groups excluding carboxylic acids is 1. The Kier molecular flexibility index (Phi) is 5.33. The van der Waals surface area contributed by atoms with Gasteiger partial charge in [-0.1, -0.05) is 11.6 Å². The molecule has 3 rings (SSSR count). The molecule has 0 aliphatic heterocycles. The first-order valence-corrected chi connectivity index (χ1v) is 8.31. The third kappa shape index (κ3) is 4.04. The number of amides is 1. The van der Waals surface area contributed by atoms with Crippen molar-refractivity contribution in [1.82, 2.24) is 25.1 Å². The predicted molar refractivity (Wildman–Crippen MR) is 97.8 cm³/mol. The van der Waals surface area contributed by atoms with Crippen LogP contribution in [0.5, 0.6) is 5.75 Å². The van der Waals surface area contributed by atoms with Crippen molar-refractivity contribution in [3.8, 4) is 17.6 Å². The maximum Gasteiger partial charge on any atom is 0.252 e. The molecule has 2 aromatic heterocycles. The van der Waals surface area contributed by atoms with Gasteiger partial charge in [0.1, 0.15) is 18.1 Å². The van der Waals surface area contributed by atoms with Crippen LogP contribution in [0.25, 0.3) is 5.82 Å². The van der Waals surface area contributed by atoms with E-state index in [1.807, 2.05) is 6.07 Å². The van der Waals surface area contributed by atoms with E-state index in [0.717, 1.165) is 0 Å². The van der Waals surface area contributed by atoms with Crippen molar-refractivity contribution in [3.63, 3.8) is 0 Å². The number of nitrogens with zero attached hydrogens (tertiary/aromatic N) is 5. The molecule has 0 saturated heterocycles. The smallest absolute Gasteiger partial charge is 0.252 e. The molecule has 27 heavy (non-hydrogen) atoms. The summed E-state index contributed by atoms with van der Waals surface area (Å²) in [5.41, 5.74) is 0.811. The summed E-state index contributed by atoms with van der Waals surface area (Å²) in [6, 6.07) is 9.62. The van der Waals surface area contributed by atoms with Crippen LogP contribution in [0.3, 0.4) is 0 Å². The minimum absolute atomic E-state index is 0.328. The summed E-state index contributed by atoms with van der Waals surface area (Å²) in [6.07, 6.45) is 2.82. The lowest BCUT2D eigenvalue weighted by atomic mass is 10.2. The van der Waals surface area contributed by atoms with Gasteiger partial charge < -0.3 is 10.1 Å². The van der Waals surface area contributed by atoms with Crippen LogP contribution in [-0.2, 0) is 0 Å². The molecular weight excluding hydrogens is 368 g/mol. The van der Waals surface area contributed by atoms with E-state index in [2.05, 4.69) is 20.4 Å². The van der Waals surface area contributed by atoms with Crippen molar-refractivity contribution in [2.75, 3.05) is 7.11 Å². The van der Waals surface area contributed by atoms with Crippen LogP contribution < -0.4 is 10.1 Å². The summed E-state index contributed by atoms with van der Waals surface area (Å²) in [4.78, 5) is 21.0. The number of nitrogens with one attached hydrogen (secondary N) is 1. The van der Waals surface area contributed by atoms with Gasteiger partial charge in [-0.25, -0.2) is 9.97 Å². The second kappa shape index (κ2) is 7.85. The third-order valence-corrected chi connectivity index (χ3v) is 3.99. The zero-order chi connectivity index (χ0) is 19.4. The Morgan fingerprint density at radius 3 is 2.81 bits per heavy atom. The molecule has 0 saturated carbocycles. The zero-order valence-electron chi connectivity index (χ0n) is 14.5. The highest BCUT2D eigenvalue weighted by molar-refractivity contribution is 6.31. The molecule has 0 radical (unpaired) electrons. The van der Waals surface area contributed by atoms with E-state index >= 15 is 0 Å². The first-order valence-electron chi connectivity index (χ1n) is 7.93. The molecular formula is C18H15ClN6O2. The summed E-state index contributed by atoms with van der Waals surface area (Å²) in [5, 5.41) is 16.3. The van der Waals surface area contributed by atoms with Crippen LogP contribution in [0, 0.1) is 11.3 Å². The Morgan fingerprint density at radius 1 is 1.33 bits per heavy atom. The molecule has 0 fully saturated rings. The van der Waals surface area contributed by atoms with Gasteiger partial charge in [0.05, 0.1) is 18.7 Å². The van der Waals surface area contributed by atoms with E-state index in [9.17, 15) is 4.79 Å². The molecule has 2 heterocycles. The number of hydrogen-bond donors (Lipinski definition) is 1. The molecule has 3 aromatic rings. The number of pyridine rings is 1. The molecule has 1 N–H and O–H groups in total. The summed E-state index contributed by atoms with van der Waals surface area (Å²) >= 11 is 6.02. The Bertz CT molecular complexity index is 1010. The minimum Gasteiger partial charge on any atom is -0.497 e. The number of carbonyl (C=O) groups is 1. The molecule has 0 spiro atoms. The maximum absolute atomic E-state index is 12.6. The van der Waals surface area contributed by atoms with Gasteiger partial charge in [0.2, 0.25) is 0 Å². The summed E-state index contributed by atoms with van der Waals surface area (Å²) in [7, 11) is 1.50. The second-order valence-electron chi connectivity index (χ2n) is 5.62. The first kappa shape index (κ1) is 18.4. The average Bonchev–Trinajstić information content (AvgIpc) is 3.17. The second-order valence-corrected chi connectivity index (χ2v) is 6.06. The average molecular weight is 383 g/mol. The molecule has 0 aliphatic carbocycles. The number of hydrogen-bond acceptors (Lipinski definition) is 6. The van der Waals surface area contributed by atoms with Gasteiger partial charge in [-0.3, -0.25) is 4.79 Å².